The van der Waals surface area contributed by atoms with E-state index in [4.69, 9.17) is 10.3 Å². The predicted octanol–water partition coefficient (Wildman–Crippen LogP) is 3.74. The van der Waals surface area contributed by atoms with Gasteiger partial charge in [-0.3, -0.25) is 0 Å². The van der Waals surface area contributed by atoms with Crippen LogP contribution in [-0.4, -0.2) is 10.1 Å². The number of hydrogen-bond donors (Lipinski definition) is 1. The first-order valence-corrected chi connectivity index (χ1v) is 6.52. The molecule has 1 aromatic heterocycles. The summed E-state index contributed by atoms with van der Waals surface area (Å²) in [6, 6.07) is 10.2. The molecule has 0 aliphatic rings. The monoisotopic (exact) mass is 283 g/mol. The highest BCUT2D eigenvalue weighted by Gasteiger charge is 2.14. The van der Waals surface area contributed by atoms with Gasteiger partial charge in [0.25, 0.3) is 5.89 Å². The fraction of sp³-hybridized carbons (Fsp3) is 0.125. The van der Waals surface area contributed by atoms with Gasteiger partial charge in [-0.25, -0.2) is 4.39 Å². The third-order valence-corrected chi connectivity index (χ3v) is 3.45. The van der Waals surface area contributed by atoms with Crippen LogP contribution in [0, 0.1) is 19.7 Å². The molecule has 2 aromatic carbocycles. The van der Waals surface area contributed by atoms with Gasteiger partial charge in [0.05, 0.1) is 0 Å². The number of benzene rings is 2. The first kappa shape index (κ1) is 13.3. The van der Waals surface area contributed by atoms with Crippen LogP contribution < -0.4 is 5.73 Å². The van der Waals surface area contributed by atoms with Gasteiger partial charge >= 0.3 is 0 Å². The molecule has 106 valence electrons. The zero-order valence-corrected chi connectivity index (χ0v) is 11.7. The lowest BCUT2D eigenvalue weighted by Gasteiger charge is -2.03. The molecule has 0 saturated heterocycles. The van der Waals surface area contributed by atoms with Gasteiger partial charge in [0.2, 0.25) is 5.82 Å². The Morgan fingerprint density at radius 2 is 1.95 bits per heavy atom. The zero-order chi connectivity index (χ0) is 15.0. The first-order valence-electron chi connectivity index (χ1n) is 6.52. The summed E-state index contributed by atoms with van der Waals surface area (Å²) in [5.74, 6) is 0.570. The summed E-state index contributed by atoms with van der Waals surface area (Å²) in [5, 5.41) is 3.95. The average molecular weight is 283 g/mol. The first-order chi connectivity index (χ1) is 10.1. The molecule has 0 unspecified atom stereocenters. The maximum absolute atomic E-state index is 13.3. The lowest BCUT2D eigenvalue weighted by atomic mass is 10.1. The smallest absolute Gasteiger partial charge is 0.258 e. The minimum Gasteiger partial charge on any atom is -0.398 e. The fourth-order valence-corrected chi connectivity index (χ4v) is 2.12. The van der Waals surface area contributed by atoms with Gasteiger partial charge in [-0.05, 0) is 55.3 Å². The highest BCUT2D eigenvalue weighted by molar-refractivity contribution is 5.68. The molecule has 2 N–H and O–H groups in total. The van der Waals surface area contributed by atoms with Crippen molar-refractivity contribution in [2.75, 3.05) is 5.73 Å². The number of nitrogen functional groups attached to an aromatic ring is 1. The summed E-state index contributed by atoms with van der Waals surface area (Å²) in [6.45, 7) is 3.60. The van der Waals surface area contributed by atoms with Gasteiger partial charge in [-0.2, -0.15) is 4.98 Å². The van der Waals surface area contributed by atoms with Crippen LogP contribution in [0.15, 0.2) is 40.9 Å². The number of hydrogen-bond acceptors (Lipinski definition) is 4. The van der Waals surface area contributed by atoms with E-state index < -0.39 is 0 Å². The van der Waals surface area contributed by atoms with E-state index in [9.17, 15) is 4.39 Å². The highest BCUT2D eigenvalue weighted by Crippen LogP contribution is 2.28. The third kappa shape index (κ3) is 2.38. The van der Waals surface area contributed by atoms with Crippen LogP contribution in [0.2, 0.25) is 0 Å². The topological polar surface area (TPSA) is 64.9 Å². The molecule has 21 heavy (non-hydrogen) atoms. The fourth-order valence-electron chi connectivity index (χ4n) is 2.12. The van der Waals surface area contributed by atoms with Crippen molar-refractivity contribution in [3.8, 4) is 22.8 Å². The molecule has 0 aliphatic carbocycles. The molecule has 4 nitrogen and oxygen atoms in total. The summed E-state index contributed by atoms with van der Waals surface area (Å²) < 4.78 is 18.6. The summed E-state index contributed by atoms with van der Waals surface area (Å²) >= 11 is 0. The maximum atomic E-state index is 13.3. The standard InChI is InChI=1S/C16H14FN3O/c1-9-8-11(6-7-13(9)17)15-19-16(21-20-15)12-4-3-5-14(18)10(12)2/h3-8H,18H2,1-2H3. The van der Waals surface area contributed by atoms with Crippen molar-refractivity contribution in [2.24, 2.45) is 0 Å². The van der Waals surface area contributed by atoms with E-state index in [0.717, 1.165) is 11.1 Å². The molecular formula is C16H14FN3O. The second-order valence-electron chi connectivity index (χ2n) is 4.91. The maximum Gasteiger partial charge on any atom is 0.258 e. The van der Waals surface area contributed by atoms with E-state index in [1.165, 1.54) is 6.07 Å². The van der Waals surface area contributed by atoms with Crippen molar-refractivity contribution in [3.05, 3.63) is 53.3 Å². The number of halogens is 1. The molecule has 0 saturated carbocycles. The molecule has 0 aliphatic heterocycles. The Hall–Kier alpha value is -2.69. The van der Waals surface area contributed by atoms with Gasteiger partial charge in [0.1, 0.15) is 5.82 Å². The minimum atomic E-state index is -0.255. The normalized spacial score (nSPS) is 10.8. The van der Waals surface area contributed by atoms with E-state index in [-0.39, 0.29) is 5.82 Å². The zero-order valence-electron chi connectivity index (χ0n) is 11.7. The Morgan fingerprint density at radius 3 is 2.71 bits per heavy atom. The lowest BCUT2D eigenvalue weighted by molar-refractivity contribution is 0.432. The summed E-state index contributed by atoms with van der Waals surface area (Å²) in [6.07, 6.45) is 0. The van der Waals surface area contributed by atoms with Crippen LogP contribution in [0.25, 0.3) is 22.8 Å². The second kappa shape index (κ2) is 5.01. The molecule has 0 amide bonds. The summed E-state index contributed by atoms with van der Waals surface area (Å²) in [7, 11) is 0. The van der Waals surface area contributed by atoms with Crippen molar-refractivity contribution < 1.29 is 8.91 Å². The quantitative estimate of drug-likeness (QED) is 0.727. The Morgan fingerprint density at radius 1 is 1.14 bits per heavy atom. The molecule has 0 bridgehead atoms. The molecule has 0 fully saturated rings. The Kier molecular flexibility index (Phi) is 3.17. The molecule has 1 heterocycles. The lowest BCUT2D eigenvalue weighted by Crippen LogP contribution is -1.92. The summed E-state index contributed by atoms with van der Waals surface area (Å²) in [5.41, 5.74) is 9.50. The predicted molar refractivity (Wildman–Crippen MR) is 79.0 cm³/mol. The minimum absolute atomic E-state index is 0.255. The van der Waals surface area contributed by atoms with Crippen LogP contribution in [-0.2, 0) is 0 Å². The molecule has 0 atom stereocenters. The SMILES string of the molecule is Cc1cc(-c2noc(-c3cccc(N)c3C)n2)ccc1F. The van der Waals surface area contributed by atoms with Crippen LogP contribution in [0.1, 0.15) is 11.1 Å². The van der Waals surface area contributed by atoms with Gasteiger partial charge in [-0.1, -0.05) is 11.2 Å². The number of aryl methyl sites for hydroxylation is 1. The second-order valence-corrected chi connectivity index (χ2v) is 4.91. The summed E-state index contributed by atoms with van der Waals surface area (Å²) in [4.78, 5) is 4.37. The largest absolute Gasteiger partial charge is 0.398 e. The number of nitrogens with zero attached hydrogens (tertiary/aromatic N) is 2. The van der Waals surface area contributed by atoms with Crippen molar-refractivity contribution in [1.82, 2.24) is 10.1 Å². The van der Waals surface area contributed by atoms with E-state index in [1.54, 1.807) is 19.1 Å². The van der Waals surface area contributed by atoms with Crippen molar-refractivity contribution >= 4 is 5.69 Å². The van der Waals surface area contributed by atoms with Crippen molar-refractivity contribution in [3.63, 3.8) is 0 Å². The van der Waals surface area contributed by atoms with Crippen LogP contribution in [0.5, 0.6) is 0 Å². The third-order valence-electron chi connectivity index (χ3n) is 3.45. The number of rotatable bonds is 2. The van der Waals surface area contributed by atoms with E-state index in [1.807, 2.05) is 25.1 Å². The average Bonchev–Trinajstić information content (AvgIpc) is 2.94. The van der Waals surface area contributed by atoms with Gasteiger partial charge in [-0.15, -0.1) is 0 Å². The van der Waals surface area contributed by atoms with E-state index in [2.05, 4.69) is 10.1 Å². The molecule has 0 spiro atoms. The van der Waals surface area contributed by atoms with Gasteiger partial charge < -0.3 is 10.3 Å². The Bertz CT molecular complexity index is 811. The number of aromatic nitrogens is 2. The van der Waals surface area contributed by atoms with Gasteiger partial charge in [0, 0.05) is 16.8 Å². The van der Waals surface area contributed by atoms with E-state index >= 15 is 0 Å². The van der Waals surface area contributed by atoms with Crippen molar-refractivity contribution in [2.45, 2.75) is 13.8 Å². The van der Waals surface area contributed by atoms with Crippen LogP contribution in [0.4, 0.5) is 10.1 Å². The number of nitrogens with two attached hydrogens (primary N) is 1. The molecule has 0 radical (unpaired) electrons. The Labute approximate surface area is 121 Å². The number of anilines is 1. The molecular weight excluding hydrogens is 269 g/mol. The van der Waals surface area contributed by atoms with Crippen LogP contribution >= 0.6 is 0 Å². The van der Waals surface area contributed by atoms with Crippen LogP contribution in [0.3, 0.4) is 0 Å². The Balaban J connectivity index is 2.03. The van der Waals surface area contributed by atoms with Crippen molar-refractivity contribution in [1.29, 1.82) is 0 Å². The van der Waals surface area contributed by atoms with E-state index in [0.29, 0.717) is 28.5 Å². The molecule has 3 rings (SSSR count). The molecule has 3 aromatic rings. The molecule has 5 heteroatoms. The van der Waals surface area contributed by atoms with Gasteiger partial charge in [0.15, 0.2) is 0 Å². The highest BCUT2D eigenvalue weighted by atomic mass is 19.1.